The maximum Gasteiger partial charge on any atom is 0.0554 e. The minimum Gasteiger partial charge on any atom is -0.310 e. The summed E-state index contributed by atoms with van der Waals surface area (Å²) < 4.78 is 2.60. The first-order valence-electron chi connectivity index (χ1n) is 17.7. The van der Waals surface area contributed by atoms with Gasteiger partial charge < -0.3 is 4.90 Å². The third kappa shape index (κ3) is 4.67. The molecule has 10 rings (SSSR count). The lowest BCUT2D eigenvalue weighted by atomic mass is 9.79. The van der Waals surface area contributed by atoms with Gasteiger partial charge in [0.2, 0.25) is 0 Å². The third-order valence-corrected chi connectivity index (χ3v) is 12.0. The summed E-state index contributed by atoms with van der Waals surface area (Å²) in [4.78, 5) is 2.43. The number of benzene rings is 8. The van der Waals surface area contributed by atoms with E-state index < -0.39 is 0 Å². The molecule has 0 saturated carbocycles. The number of hydrogen-bond donors (Lipinski definition) is 0. The van der Waals surface area contributed by atoms with Gasteiger partial charge in [-0.15, -0.1) is 11.3 Å². The first-order valence-corrected chi connectivity index (χ1v) is 18.5. The molecule has 0 saturated heterocycles. The highest BCUT2D eigenvalue weighted by atomic mass is 32.1. The molecular formula is C49H35NS. The van der Waals surface area contributed by atoms with Crippen LogP contribution in [0, 0.1) is 0 Å². The summed E-state index contributed by atoms with van der Waals surface area (Å²) in [6.07, 6.45) is 0. The van der Waals surface area contributed by atoms with Gasteiger partial charge in [-0.3, -0.25) is 0 Å². The Hall–Kier alpha value is -5.96. The van der Waals surface area contributed by atoms with Gasteiger partial charge in [-0.05, 0) is 104 Å². The average molecular weight is 670 g/mol. The molecule has 9 aromatic rings. The molecule has 1 aromatic heterocycles. The smallest absolute Gasteiger partial charge is 0.0554 e. The van der Waals surface area contributed by atoms with E-state index in [1.165, 1.54) is 81.1 Å². The van der Waals surface area contributed by atoms with Gasteiger partial charge in [-0.2, -0.15) is 0 Å². The van der Waals surface area contributed by atoms with Crippen LogP contribution < -0.4 is 4.90 Å². The normalized spacial score (nSPS) is 13.1. The van der Waals surface area contributed by atoms with Crippen LogP contribution in [0.5, 0.6) is 0 Å². The fraction of sp³-hybridized carbons (Fsp3) is 0.0612. The predicted octanol–water partition coefficient (Wildman–Crippen LogP) is 14.3. The predicted molar refractivity (Wildman–Crippen MR) is 220 cm³/mol. The lowest BCUT2D eigenvalue weighted by Gasteiger charge is -2.27. The van der Waals surface area contributed by atoms with E-state index in [9.17, 15) is 0 Å². The molecule has 0 N–H and O–H groups in total. The topological polar surface area (TPSA) is 3.24 Å². The highest BCUT2D eigenvalue weighted by molar-refractivity contribution is 7.26. The Morgan fingerprint density at radius 3 is 1.86 bits per heavy atom. The van der Waals surface area contributed by atoms with Crippen molar-refractivity contribution in [3.05, 3.63) is 187 Å². The molecular weight excluding hydrogens is 635 g/mol. The highest BCUT2D eigenvalue weighted by Gasteiger charge is 2.38. The second kappa shape index (κ2) is 11.6. The van der Waals surface area contributed by atoms with E-state index in [0.717, 1.165) is 11.4 Å². The summed E-state index contributed by atoms with van der Waals surface area (Å²) in [5.41, 5.74) is 13.8. The van der Waals surface area contributed by atoms with Gasteiger partial charge in [0.1, 0.15) is 0 Å². The number of thiophene rings is 1. The van der Waals surface area contributed by atoms with Gasteiger partial charge >= 0.3 is 0 Å². The molecule has 51 heavy (non-hydrogen) atoms. The molecule has 8 aromatic carbocycles. The Balaban J connectivity index is 1.16. The molecule has 0 amide bonds. The molecule has 2 heteroatoms. The van der Waals surface area contributed by atoms with E-state index in [0.29, 0.717) is 0 Å². The molecule has 0 bridgehead atoms. The van der Waals surface area contributed by atoms with Gasteiger partial charge in [-0.1, -0.05) is 141 Å². The summed E-state index contributed by atoms with van der Waals surface area (Å²) in [5, 5.41) is 5.21. The van der Waals surface area contributed by atoms with Gasteiger partial charge in [0, 0.05) is 37.0 Å². The molecule has 1 aliphatic rings. The van der Waals surface area contributed by atoms with Crippen molar-refractivity contribution in [3.63, 3.8) is 0 Å². The first kappa shape index (κ1) is 29.9. The van der Waals surface area contributed by atoms with Crippen LogP contribution in [0.25, 0.3) is 64.3 Å². The maximum atomic E-state index is 2.43. The number of nitrogens with zero attached hydrogens (tertiary/aromatic N) is 1. The Morgan fingerprint density at radius 1 is 0.471 bits per heavy atom. The molecule has 0 unspecified atom stereocenters. The number of rotatable bonds is 5. The largest absolute Gasteiger partial charge is 0.310 e. The van der Waals surface area contributed by atoms with Crippen LogP contribution in [-0.2, 0) is 5.41 Å². The summed E-state index contributed by atoms with van der Waals surface area (Å²) in [6, 6.07) is 64.7. The van der Waals surface area contributed by atoms with Crippen molar-refractivity contribution in [1.29, 1.82) is 0 Å². The molecule has 0 atom stereocenters. The zero-order valence-electron chi connectivity index (χ0n) is 28.6. The minimum atomic E-state index is -0.0911. The highest BCUT2D eigenvalue weighted by Crippen LogP contribution is 2.55. The van der Waals surface area contributed by atoms with Crippen molar-refractivity contribution >= 4 is 59.3 Å². The lowest BCUT2D eigenvalue weighted by molar-refractivity contribution is 0.666. The minimum absolute atomic E-state index is 0.0911. The van der Waals surface area contributed by atoms with Gasteiger partial charge in [0.15, 0.2) is 0 Å². The van der Waals surface area contributed by atoms with Gasteiger partial charge in [0.25, 0.3) is 0 Å². The molecule has 242 valence electrons. The van der Waals surface area contributed by atoms with Gasteiger partial charge in [0.05, 0.1) is 5.69 Å². The number of anilines is 3. The van der Waals surface area contributed by atoms with Crippen molar-refractivity contribution in [1.82, 2.24) is 0 Å². The molecule has 0 spiro atoms. The molecule has 1 aliphatic carbocycles. The van der Waals surface area contributed by atoms with Crippen molar-refractivity contribution in [2.24, 2.45) is 0 Å². The molecule has 1 nitrogen and oxygen atoms in total. The average Bonchev–Trinajstić information content (AvgIpc) is 3.68. The SMILES string of the molecule is CC1(C)c2ccccc2-c2c(-c3ccc(N(c4ccc(-c5ccccc5)cc4)c4cccc5sc6ccccc6c45)cc3)cc3ccccc3c21. The van der Waals surface area contributed by atoms with E-state index in [-0.39, 0.29) is 5.41 Å². The zero-order chi connectivity index (χ0) is 34.1. The van der Waals surface area contributed by atoms with Crippen LogP contribution in [0.15, 0.2) is 176 Å². The summed E-state index contributed by atoms with van der Waals surface area (Å²) >= 11 is 1.86. The monoisotopic (exact) mass is 669 g/mol. The quantitative estimate of drug-likeness (QED) is 0.176. The summed E-state index contributed by atoms with van der Waals surface area (Å²) in [6.45, 7) is 4.76. The molecule has 0 radical (unpaired) electrons. The second-order valence-corrected chi connectivity index (χ2v) is 15.2. The van der Waals surface area contributed by atoms with E-state index in [1.54, 1.807) is 0 Å². The zero-order valence-corrected chi connectivity index (χ0v) is 29.4. The Labute approximate surface area is 302 Å². The van der Waals surface area contributed by atoms with Crippen LogP contribution in [0.1, 0.15) is 25.0 Å². The summed E-state index contributed by atoms with van der Waals surface area (Å²) in [5.74, 6) is 0. The van der Waals surface area contributed by atoms with E-state index in [1.807, 2.05) is 11.3 Å². The van der Waals surface area contributed by atoms with E-state index in [2.05, 4.69) is 195 Å². The third-order valence-electron chi connectivity index (χ3n) is 10.8. The van der Waals surface area contributed by atoms with E-state index >= 15 is 0 Å². The van der Waals surface area contributed by atoms with Crippen LogP contribution >= 0.6 is 11.3 Å². The summed E-state index contributed by atoms with van der Waals surface area (Å²) in [7, 11) is 0. The van der Waals surface area contributed by atoms with Gasteiger partial charge in [-0.25, -0.2) is 0 Å². The fourth-order valence-corrected chi connectivity index (χ4v) is 9.60. The maximum absolute atomic E-state index is 2.43. The number of hydrogen-bond acceptors (Lipinski definition) is 2. The second-order valence-electron chi connectivity index (χ2n) is 14.1. The van der Waals surface area contributed by atoms with Crippen LogP contribution in [-0.4, -0.2) is 0 Å². The van der Waals surface area contributed by atoms with Crippen LogP contribution in [0.4, 0.5) is 17.1 Å². The Bertz CT molecular complexity index is 2750. The van der Waals surface area contributed by atoms with Crippen molar-refractivity contribution in [3.8, 4) is 33.4 Å². The Morgan fingerprint density at radius 2 is 1.08 bits per heavy atom. The molecule has 1 heterocycles. The first-order chi connectivity index (χ1) is 25.1. The number of fused-ring (bicyclic) bond motifs is 8. The van der Waals surface area contributed by atoms with Crippen LogP contribution in [0.2, 0.25) is 0 Å². The van der Waals surface area contributed by atoms with E-state index in [4.69, 9.17) is 0 Å². The van der Waals surface area contributed by atoms with Crippen molar-refractivity contribution < 1.29 is 0 Å². The Kier molecular flexibility index (Phi) is 6.78. The lowest BCUT2D eigenvalue weighted by Crippen LogP contribution is -2.15. The standard InChI is InChI=1S/C49H35NS/c1-49(2)42-19-10-8-17-39(42)46-41(31-35-15-6-7-16-38(35)48(46)49)34-25-29-37(30-26-34)50(36-27-23-33(24-28-36)32-13-4-3-5-14-32)43-20-12-22-45-47(43)40-18-9-11-21-44(40)51-45/h3-31H,1-2H3. The molecule has 0 fully saturated rings. The van der Waals surface area contributed by atoms with Crippen molar-refractivity contribution in [2.45, 2.75) is 19.3 Å². The van der Waals surface area contributed by atoms with Crippen LogP contribution in [0.3, 0.4) is 0 Å². The van der Waals surface area contributed by atoms with Crippen molar-refractivity contribution in [2.75, 3.05) is 4.90 Å². The molecule has 0 aliphatic heterocycles. The fourth-order valence-electron chi connectivity index (χ4n) is 8.48.